The average Bonchev–Trinajstić information content (AvgIpc) is 2.49. The molecular formula is C21H42NO3P. The zero-order valence-corrected chi connectivity index (χ0v) is 19.1. The lowest BCUT2D eigenvalue weighted by molar-refractivity contribution is -0.0550. The molecule has 6 atom stereocenters. The van der Waals surface area contributed by atoms with Crippen LogP contribution in [0, 0.1) is 23.7 Å². The van der Waals surface area contributed by atoms with Crippen LogP contribution in [0.1, 0.15) is 81.1 Å². The zero-order chi connectivity index (χ0) is 19.9. The van der Waals surface area contributed by atoms with Gasteiger partial charge in [-0.25, -0.2) is 4.67 Å². The first-order valence-electron chi connectivity index (χ1n) is 10.6. The van der Waals surface area contributed by atoms with E-state index in [2.05, 4.69) is 53.1 Å². The van der Waals surface area contributed by atoms with E-state index < -0.39 is 13.6 Å². The fourth-order valence-corrected chi connectivity index (χ4v) is 8.31. The Morgan fingerprint density at radius 1 is 1.15 bits per heavy atom. The topological polar surface area (TPSA) is 49.8 Å². The van der Waals surface area contributed by atoms with Crippen molar-refractivity contribution in [2.75, 3.05) is 6.54 Å². The maximum absolute atomic E-state index is 14.3. The van der Waals surface area contributed by atoms with Gasteiger partial charge >= 0.3 is 0 Å². The number of aliphatic hydroxyl groups excluding tert-OH is 1. The summed E-state index contributed by atoms with van der Waals surface area (Å²) in [6, 6.07) is 0. The van der Waals surface area contributed by atoms with Crippen molar-refractivity contribution in [2.45, 2.75) is 104 Å². The number of nitrogens with zero attached hydrogens (tertiary/aromatic N) is 1. The SMILES string of the molecule is CC(C)C[C@H](O)[C@H](C)[P@]1(=O)O[C@@H]2C[C@H](C)CC[C@H]2C(C)(C)N1CC(C)C. The van der Waals surface area contributed by atoms with Gasteiger partial charge in [0.05, 0.1) is 17.9 Å². The minimum absolute atomic E-state index is 0.0525. The van der Waals surface area contributed by atoms with E-state index in [1.807, 2.05) is 6.92 Å². The molecule has 1 aliphatic heterocycles. The van der Waals surface area contributed by atoms with Gasteiger partial charge in [-0.3, -0.25) is 4.57 Å². The summed E-state index contributed by atoms with van der Waals surface area (Å²) in [6.45, 7) is 18.0. The first-order chi connectivity index (χ1) is 11.9. The lowest BCUT2D eigenvalue weighted by Gasteiger charge is -2.58. The highest BCUT2D eigenvalue weighted by Crippen LogP contribution is 2.67. The second-order valence-corrected chi connectivity index (χ2v) is 12.9. The van der Waals surface area contributed by atoms with E-state index in [0.717, 1.165) is 19.4 Å². The number of fused-ring (bicyclic) bond motifs is 1. The van der Waals surface area contributed by atoms with E-state index in [1.165, 1.54) is 6.42 Å². The van der Waals surface area contributed by atoms with Crippen LogP contribution in [0.15, 0.2) is 0 Å². The van der Waals surface area contributed by atoms with Crippen LogP contribution in [-0.2, 0) is 9.09 Å². The predicted octanol–water partition coefficient (Wildman–Crippen LogP) is 5.55. The molecule has 0 aromatic heterocycles. The molecule has 0 bridgehead atoms. The molecule has 2 fully saturated rings. The van der Waals surface area contributed by atoms with Crippen molar-refractivity contribution in [3.63, 3.8) is 0 Å². The molecule has 0 unspecified atom stereocenters. The summed E-state index contributed by atoms with van der Waals surface area (Å²) in [5, 5.41) is 10.8. The van der Waals surface area contributed by atoms with E-state index in [9.17, 15) is 9.67 Å². The molecule has 154 valence electrons. The molecule has 0 spiro atoms. The average molecular weight is 388 g/mol. The molecule has 1 saturated carbocycles. The molecule has 1 N–H and O–H groups in total. The monoisotopic (exact) mass is 387 g/mol. The van der Waals surface area contributed by atoms with Crippen LogP contribution < -0.4 is 0 Å². The van der Waals surface area contributed by atoms with Crippen LogP contribution in [0.5, 0.6) is 0 Å². The highest BCUT2D eigenvalue weighted by Gasteiger charge is 2.58. The van der Waals surface area contributed by atoms with E-state index in [4.69, 9.17) is 4.52 Å². The minimum Gasteiger partial charge on any atom is -0.392 e. The molecule has 1 aliphatic carbocycles. The molecule has 0 aromatic carbocycles. The van der Waals surface area contributed by atoms with Gasteiger partial charge in [0, 0.05) is 18.0 Å². The van der Waals surface area contributed by atoms with Crippen LogP contribution >= 0.6 is 7.52 Å². The van der Waals surface area contributed by atoms with Crippen molar-refractivity contribution in [1.29, 1.82) is 0 Å². The predicted molar refractivity (Wildman–Crippen MR) is 110 cm³/mol. The van der Waals surface area contributed by atoms with E-state index in [0.29, 0.717) is 30.1 Å². The Hall–Kier alpha value is 0.110. The minimum atomic E-state index is -3.13. The van der Waals surface area contributed by atoms with Gasteiger partial charge in [-0.15, -0.1) is 0 Å². The van der Waals surface area contributed by atoms with Gasteiger partial charge in [0.1, 0.15) is 0 Å². The van der Waals surface area contributed by atoms with Gasteiger partial charge in [-0.1, -0.05) is 41.0 Å². The summed E-state index contributed by atoms with van der Waals surface area (Å²) in [4.78, 5) is 0. The molecule has 4 nitrogen and oxygen atoms in total. The maximum Gasteiger partial charge on any atom is 0.278 e. The molecule has 26 heavy (non-hydrogen) atoms. The fourth-order valence-electron chi connectivity index (χ4n) is 4.96. The summed E-state index contributed by atoms with van der Waals surface area (Å²) in [6.07, 6.45) is 3.46. The van der Waals surface area contributed by atoms with Crippen LogP contribution in [0.2, 0.25) is 0 Å². The summed E-state index contributed by atoms with van der Waals surface area (Å²) < 4.78 is 23.0. The molecule has 1 saturated heterocycles. The Labute approximate surface area is 161 Å². The summed E-state index contributed by atoms with van der Waals surface area (Å²) in [5.41, 5.74) is -0.532. The standard InChI is InChI=1S/C21H42NO3P/c1-14(2)11-19(23)17(6)26(24)22(13-15(3)4)21(7,8)18-10-9-16(5)12-20(18)25-26/h14-20,23H,9-13H2,1-8H3/t16-,17+,18-,19+,20-,26+/m1/s1. The van der Waals surface area contributed by atoms with Crippen molar-refractivity contribution < 1.29 is 14.2 Å². The normalized spacial score (nSPS) is 37.6. The highest BCUT2D eigenvalue weighted by atomic mass is 31.2. The van der Waals surface area contributed by atoms with Crippen molar-refractivity contribution >= 4 is 7.52 Å². The van der Waals surface area contributed by atoms with Crippen LogP contribution in [0.3, 0.4) is 0 Å². The quantitative estimate of drug-likeness (QED) is 0.607. The van der Waals surface area contributed by atoms with Crippen molar-refractivity contribution in [2.24, 2.45) is 23.7 Å². The summed E-state index contributed by atoms with van der Waals surface area (Å²) in [7, 11) is -3.13. The van der Waals surface area contributed by atoms with Gasteiger partial charge in [-0.2, -0.15) is 0 Å². The molecular weight excluding hydrogens is 345 g/mol. The molecule has 0 aromatic rings. The molecule has 0 radical (unpaired) electrons. The summed E-state index contributed by atoms with van der Waals surface area (Å²) >= 11 is 0. The third-order valence-corrected chi connectivity index (χ3v) is 9.87. The van der Waals surface area contributed by atoms with Gasteiger partial charge in [0.2, 0.25) is 0 Å². The molecule has 0 amide bonds. The van der Waals surface area contributed by atoms with Crippen LogP contribution in [0.4, 0.5) is 0 Å². The van der Waals surface area contributed by atoms with Gasteiger partial charge < -0.3 is 9.63 Å². The second kappa shape index (κ2) is 8.23. The van der Waals surface area contributed by atoms with Gasteiger partial charge in [0.15, 0.2) is 0 Å². The Balaban J connectivity index is 2.40. The smallest absolute Gasteiger partial charge is 0.278 e. The van der Waals surface area contributed by atoms with Crippen molar-refractivity contribution in [3.8, 4) is 0 Å². The van der Waals surface area contributed by atoms with Crippen LogP contribution in [-0.4, -0.2) is 39.7 Å². The molecule has 2 rings (SSSR count). The number of aliphatic hydroxyl groups is 1. The first kappa shape index (κ1) is 22.4. The Morgan fingerprint density at radius 3 is 2.31 bits per heavy atom. The highest BCUT2D eigenvalue weighted by molar-refractivity contribution is 7.57. The third-order valence-electron chi connectivity index (χ3n) is 6.57. The second-order valence-electron chi connectivity index (χ2n) is 10.3. The zero-order valence-electron chi connectivity index (χ0n) is 18.2. The summed E-state index contributed by atoms with van der Waals surface area (Å²) in [5.74, 6) is 1.81. The molecule has 5 heteroatoms. The largest absolute Gasteiger partial charge is 0.392 e. The van der Waals surface area contributed by atoms with E-state index >= 15 is 0 Å². The Kier molecular flexibility index (Phi) is 7.09. The maximum atomic E-state index is 14.3. The third kappa shape index (κ3) is 4.40. The van der Waals surface area contributed by atoms with Gasteiger partial charge in [0.25, 0.3) is 7.52 Å². The first-order valence-corrected chi connectivity index (χ1v) is 12.3. The number of hydrogen-bond acceptors (Lipinski definition) is 3. The van der Waals surface area contributed by atoms with Crippen molar-refractivity contribution in [3.05, 3.63) is 0 Å². The van der Waals surface area contributed by atoms with Crippen molar-refractivity contribution in [1.82, 2.24) is 4.67 Å². The van der Waals surface area contributed by atoms with Gasteiger partial charge in [-0.05, 0) is 57.8 Å². The fraction of sp³-hybridized carbons (Fsp3) is 1.00. The Bertz CT molecular complexity index is 519. The van der Waals surface area contributed by atoms with E-state index in [1.54, 1.807) is 0 Å². The van der Waals surface area contributed by atoms with Crippen LogP contribution in [0.25, 0.3) is 0 Å². The molecule has 1 heterocycles. The Morgan fingerprint density at radius 2 is 1.77 bits per heavy atom. The molecule has 2 aliphatic rings. The number of rotatable bonds is 6. The lowest BCUT2D eigenvalue weighted by atomic mass is 9.71. The van der Waals surface area contributed by atoms with E-state index in [-0.39, 0.29) is 17.3 Å². The number of hydrogen-bond donors (Lipinski definition) is 1. The lowest BCUT2D eigenvalue weighted by Crippen LogP contribution is -2.60.